The molecular formula is C21H25NO4. The van der Waals surface area contributed by atoms with Crippen molar-refractivity contribution >= 4 is 5.57 Å². The van der Waals surface area contributed by atoms with E-state index < -0.39 is 0 Å². The van der Waals surface area contributed by atoms with Crippen LogP contribution in [0.3, 0.4) is 0 Å². The molecular weight excluding hydrogens is 330 g/mol. The van der Waals surface area contributed by atoms with Gasteiger partial charge in [0, 0.05) is 6.54 Å². The van der Waals surface area contributed by atoms with Crippen molar-refractivity contribution in [2.24, 2.45) is 0 Å². The molecule has 0 spiro atoms. The molecule has 3 rings (SSSR count). The minimum Gasteiger partial charge on any atom is -0.493 e. The summed E-state index contributed by atoms with van der Waals surface area (Å²) in [4.78, 5) is 2.26. The molecule has 0 saturated carbocycles. The fourth-order valence-electron chi connectivity index (χ4n) is 3.60. The number of likely N-dealkylation sites (N-methyl/N-ethyl adjacent to an activating group) is 1. The lowest BCUT2D eigenvalue weighted by Gasteiger charge is -2.36. The molecule has 1 atom stereocenters. The molecule has 0 aromatic heterocycles. The summed E-state index contributed by atoms with van der Waals surface area (Å²) in [6, 6.07) is 10.1. The molecule has 0 radical (unpaired) electrons. The summed E-state index contributed by atoms with van der Waals surface area (Å²) < 4.78 is 21.7. The third-order valence-electron chi connectivity index (χ3n) is 4.87. The summed E-state index contributed by atoms with van der Waals surface area (Å²) in [7, 11) is 8.67. The number of rotatable bonds is 5. The van der Waals surface area contributed by atoms with Crippen molar-refractivity contribution in [3.8, 4) is 23.0 Å². The average molecular weight is 355 g/mol. The molecule has 0 bridgehead atoms. The molecule has 0 aliphatic carbocycles. The first-order chi connectivity index (χ1) is 12.5. The van der Waals surface area contributed by atoms with Gasteiger partial charge in [-0.1, -0.05) is 12.6 Å². The summed E-state index contributed by atoms with van der Waals surface area (Å²) in [6.07, 6.45) is 0. The van der Waals surface area contributed by atoms with Crippen LogP contribution in [0.4, 0.5) is 0 Å². The molecule has 0 saturated heterocycles. The first-order valence-electron chi connectivity index (χ1n) is 8.40. The maximum Gasteiger partial charge on any atom is 0.161 e. The van der Waals surface area contributed by atoms with E-state index in [1.807, 2.05) is 24.3 Å². The molecule has 1 aliphatic rings. The summed E-state index contributed by atoms with van der Waals surface area (Å²) in [5.74, 6) is 2.87. The van der Waals surface area contributed by atoms with Crippen molar-refractivity contribution in [3.05, 3.63) is 53.6 Å². The Balaban J connectivity index is 2.05. The van der Waals surface area contributed by atoms with Crippen LogP contribution in [-0.2, 0) is 6.54 Å². The van der Waals surface area contributed by atoms with Gasteiger partial charge in [-0.15, -0.1) is 0 Å². The minimum absolute atomic E-state index is 0.0420. The van der Waals surface area contributed by atoms with Crippen LogP contribution >= 0.6 is 0 Å². The maximum atomic E-state index is 5.47. The largest absolute Gasteiger partial charge is 0.493 e. The normalized spacial score (nSPS) is 16.8. The van der Waals surface area contributed by atoms with Gasteiger partial charge in [-0.2, -0.15) is 0 Å². The second-order valence-electron chi connectivity index (χ2n) is 6.32. The highest BCUT2D eigenvalue weighted by molar-refractivity contribution is 5.76. The van der Waals surface area contributed by atoms with E-state index >= 15 is 0 Å². The molecule has 26 heavy (non-hydrogen) atoms. The number of benzene rings is 2. The number of methoxy groups -OCH3 is 4. The highest BCUT2D eigenvalue weighted by Crippen LogP contribution is 2.45. The Labute approximate surface area is 154 Å². The zero-order valence-corrected chi connectivity index (χ0v) is 16.0. The molecule has 138 valence electrons. The maximum absolute atomic E-state index is 5.47. The van der Waals surface area contributed by atoms with E-state index in [0.717, 1.165) is 29.0 Å². The molecule has 1 unspecified atom stereocenters. The number of fused-ring (bicyclic) bond motifs is 1. The van der Waals surface area contributed by atoms with Crippen LogP contribution in [0.2, 0.25) is 0 Å². The van der Waals surface area contributed by atoms with Crippen molar-refractivity contribution in [3.63, 3.8) is 0 Å². The monoisotopic (exact) mass is 355 g/mol. The highest BCUT2D eigenvalue weighted by Gasteiger charge is 2.30. The zero-order valence-electron chi connectivity index (χ0n) is 16.0. The first-order valence-corrected chi connectivity index (χ1v) is 8.40. The SMILES string of the molecule is C=C1c2cc(OC)c(OC)cc2CN(C)C1c1ccc(OC)c(OC)c1. The van der Waals surface area contributed by atoms with Crippen LogP contribution in [-0.4, -0.2) is 40.4 Å². The minimum atomic E-state index is 0.0420. The summed E-state index contributed by atoms with van der Waals surface area (Å²) in [6.45, 7) is 5.17. The van der Waals surface area contributed by atoms with Crippen molar-refractivity contribution in [1.82, 2.24) is 4.90 Å². The van der Waals surface area contributed by atoms with Crippen molar-refractivity contribution < 1.29 is 18.9 Å². The Kier molecular flexibility index (Phi) is 5.09. The summed E-state index contributed by atoms with van der Waals surface area (Å²) in [5.41, 5.74) is 4.39. The third-order valence-corrected chi connectivity index (χ3v) is 4.87. The molecule has 2 aromatic rings. The highest BCUT2D eigenvalue weighted by atomic mass is 16.5. The van der Waals surface area contributed by atoms with Gasteiger partial charge in [-0.3, -0.25) is 4.90 Å². The average Bonchev–Trinajstić information content (AvgIpc) is 2.66. The van der Waals surface area contributed by atoms with Gasteiger partial charge in [-0.25, -0.2) is 0 Å². The lowest BCUT2D eigenvalue weighted by atomic mass is 9.86. The predicted octanol–water partition coefficient (Wildman–Crippen LogP) is 3.92. The van der Waals surface area contributed by atoms with Gasteiger partial charge < -0.3 is 18.9 Å². The fraction of sp³-hybridized carbons (Fsp3) is 0.333. The van der Waals surface area contributed by atoms with E-state index in [2.05, 4.69) is 24.6 Å². The fourth-order valence-corrected chi connectivity index (χ4v) is 3.60. The second kappa shape index (κ2) is 7.30. The van der Waals surface area contributed by atoms with Crippen molar-refractivity contribution in [1.29, 1.82) is 0 Å². The van der Waals surface area contributed by atoms with Gasteiger partial charge in [0.25, 0.3) is 0 Å². The topological polar surface area (TPSA) is 40.2 Å². The molecule has 1 aliphatic heterocycles. The number of nitrogens with zero attached hydrogens (tertiary/aromatic N) is 1. The van der Waals surface area contributed by atoms with Gasteiger partial charge in [-0.05, 0) is 53.6 Å². The quantitative estimate of drug-likeness (QED) is 0.813. The van der Waals surface area contributed by atoms with Gasteiger partial charge in [0.2, 0.25) is 0 Å². The molecule has 1 heterocycles. The Morgan fingerprint density at radius 3 is 2.04 bits per heavy atom. The van der Waals surface area contributed by atoms with Crippen LogP contribution in [0.5, 0.6) is 23.0 Å². The van der Waals surface area contributed by atoms with E-state index in [-0.39, 0.29) is 6.04 Å². The summed E-state index contributed by atoms with van der Waals surface area (Å²) in [5, 5.41) is 0. The molecule has 5 nitrogen and oxygen atoms in total. The molecule has 0 fully saturated rings. The predicted molar refractivity (Wildman–Crippen MR) is 102 cm³/mol. The second-order valence-corrected chi connectivity index (χ2v) is 6.32. The lowest BCUT2D eigenvalue weighted by molar-refractivity contribution is 0.273. The smallest absolute Gasteiger partial charge is 0.161 e. The number of hydrogen-bond donors (Lipinski definition) is 0. The van der Waals surface area contributed by atoms with E-state index in [0.29, 0.717) is 17.2 Å². The van der Waals surface area contributed by atoms with Crippen LogP contribution in [0.15, 0.2) is 36.9 Å². The van der Waals surface area contributed by atoms with Gasteiger partial charge in [0.1, 0.15) is 0 Å². The van der Waals surface area contributed by atoms with Gasteiger partial charge in [0.15, 0.2) is 23.0 Å². The van der Waals surface area contributed by atoms with Gasteiger partial charge in [0.05, 0.1) is 34.5 Å². The standard InChI is InChI=1S/C21H25NO4/c1-13-16-11-20(26-6)19(25-5)10-15(16)12-22(2)21(13)14-7-8-17(23-3)18(9-14)24-4/h7-11,21H,1,12H2,2-6H3. The van der Waals surface area contributed by atoms with Crippen LogP contribution in [0, 0.1) is 0 Å². The van der Waals surface area contributed by atoms with Crippen LogP contribution in [0.25, 0.3) is 5.57 Å². The van der Waals surface area contributed by atoms with Crippen molar-refractivity contribution in [2.75, 3.05) is 35.5 Å². The number of hydrogen-bond acceptors (Lipinski definition) is 5. The van der Waals surface area contributed by atoms with E-state index in [9.17, 15) is 0 Å². The zero-order chi connectivity index (χ0) is 18.8. The lowest BCUT2D eigenvalue weighted by Crippen LogP contribution is -2.30. The van der Waals surface area contributed by atoms with E-state index in [1.165, 1.54) is 5.56 Å². The van der Waals surface area contributed by atoms with E-state index in [1.54, 1.807) is 28.4 Å². The molecule has 5 heteroatoms. The summed E-state index contributed by atoms with van der Waals surface area (Å²) >= 11 is 0. The molecule has 0 amide bonds. The Hall–Kier alpha value is -2.66. The van der Waals surface area contributed by atoms with Crippen LogP contribution < -0.4 is 18.9 Å². The third kappa shape index (κ3) is 2.99. The van der Waals surface area contributed by atoms with E-state index in [4.69, 9.17) is 18.9 Å². The molecule has 0 N–H and O–H groups in total. The first kappa shape index (κ1) is 18.1. The Bertz CT molecular complexity index is 831. The van der Waals surface area contributed by atoms with Crippen molar-refractivity contribution in [2.45, 2.75) is 12.6 Å². The Morgan fingerprint density at radius 2 is 1.42 bits per heavy atom. The Morgan fingerprint density at radius 1 is 0.846 bits per heavy atom. The molecule has 2 aromatic carbocycles. The van der Waals surface area contributed by atoms with Crippen LogP contribution in [0.1, 0.15) is 22.7 Å². The number of ether oxygens (including phenoxy) is 4. The van der Waals surface area contributed by atoms with Gasteiger partial charge >= 0.3 is 0 Å².